The number of nitrogens with zero attached hydrogens (tertiary/aromatic N) is 2. The number of quaternary nitrogens is 1. The summed E-state index contributed by atoms with van der Waals surface area (Å²) in [5, 5.41) is 25.0. The van der Waals surface area contributed by atoms with Crippen LogP contribution >= 0.6 is 0 Å². The van der Waals surface area contributed by atoms with Gasteiger partial charge in [0.2, 0.25) is 5.78 Å². The number of rotatable bonds is 7. The molecule has 1 amide bonds. The lowest BCUT2D eigenvalue weighted by Crippen LogP contribution is -3.14. The maximum Gasteiger partial charge on any atom is 0.354 e. The number of esters is 1. The Hall–Kier alpha value is -4.03. The number of carbonyl (C=O) groups is 3. The molecule has 0 radical (unpaired) electrons. The van der Waals surface area contributed by atoms with Crippen LogP contribution in [0.3, 0.4) is 0 Å². The maximum atomic E-state index is 13.8. The Balaban J connectivity index is 1.81. The summed E-state index contributed by atoms with van der Waals surface area (Å²) in [6, 6.07) is 4.43. The number of hydrogen-bond acceptors (Lipinski definition) is 8. The summed E-state index contributed by atoms with van der Waals surface area (Å²) in [5.74, 6) is -3.08. The largest absolute Gasteiger partial charge is 0.872 e. The van der Waals surface area contributed by atoms with E-state index in [1.54, 1.807) is 13.8 Å². The smallest absolute Gasteiger partial charge is 0.354 e. The Bertz CT molecular complexity index is 1270. The van der Waals surface area contributed by atoms with Gasteiger partial charge in [-0.25, -0.2) is 4.79 Å². The highest BCUT2D eigenvalue weighted by Crippen LogP contribution is 2.40. The van der Waals surface area contributed by atoms with Gasteiger partial charge in [0.15, 0.2) is 0 Å². The van der Waals surface area contributed by atoms with E-state index >= 15 is 0 Å². The number of hydrogen-bond donors (Lipinski definition) is 2. The number of nitro benzene ring substituents is 1. The number of carbonyl (C=O) groups excluding carboxylic acids is 3. The van der Waals surface area contributed by atoms with E-state index in [1.165, 1.54) is 41.2 Å². The van der Waals surface area contributed by atoms with E-state index in [-0.39, 0.29) is 29.1 Å². The molecular formula is C25H28N4O8. The standard InChI is InChI=1S/C25H28N4O8/c1-14-18(15(2)26-20(14)25(33)36-3)22(30)19-21(16-4-6-17(7-5-16)29(34)35)28(24(32)23(19)31)9-8-27-10-12-37-13-11-27/h4-7,21,26,30H,8-13H2,1-3H3/b22-19+. The molecule has 1 aromatic heterocycles. The summed E-state index contributed by atoms with van der Waals surface area (Å²) in [6.45, 7) is 6.60. The van der Waals surface area contributed by atoms with Crippen LogP contribution < -0.4 is 10.0 Å². The second-order valence-corrected chi connectivity index (χ2v) is 9.05. The summed E-state index contributed by atoms with van der Waals surface area (Å²) >= 11 is 0. The first-order chi connectivity index (χ1) is 17.6. The van der Waals surface area contributed by atoms with Crippen molar-refractivity contribution in [3.63, 3.8) is 0 Å². The Morgan fingerprint density at radius 1 is 1.22 bits per heavy atom. The van der Waals surface area contributed by atoms with Gasteiger partial charge in [-0.15, -0.1) is 0 Å². The zero-order valence-electron chi connectivity index (χ0n) is 20.8. The molecule has 3 heterocycles. The van der Waals surface area contributed by atoms with Crippen LogP contribution in [0.5, 0.6) is 0 Å². The number of likely N-dealkylation sites (tertiary alicyclic amines) is 1. The van der Waals surface area contributed by atoms with Gasteiger partial charge in [-0.05, 0) is 42.7 Å². The van der Waals surface area contributed by atoms with Crippen LogP contribution in [0.4, 0.5) is 5.69 Å². The van der Waals surface area contributed by atoms with E-state index in [4.69, 9.17) is 9.47 Å². The molecule has 1 unspecified atom stereocenters. The fraction of sp³-hybridized carbons (Fsp3) is 0.400. The molecule has 37 heavy (non-hydrogen) atoms. The lowest BCUT2D eigenvalue weighted by atomic mass is 9.94. The molecule has 0 aliphatic carbocycles. The number of benzene rings is 1. The van der Waals surface area contributed by atoms with Crippen molar-refractivity contribution in [2.24, 2.45) is 0 Å². The van der Waals surface area contributed by atoms with Crippen LogP contribution in [0.15, 0.2) is 29.8 Å². The van der Waals surface area contributed by atoms with Gasteiger partial charge in [0.1, 0.15) is 18.8 Å². The van der Waals surface area contributed by atoms with E-state index in [1.807, 2.05) is 0 Å². The number of nitrogens with one attached hydrogen (secondary N) is 2. The quantitative estimate of drug-likeness (QED) is 0.125. The number of Topliss-reactive ketones (excluding diaryl/α,β-unsaturated/α-hetero) is 1. The lowest BCUT2D eigenvalue weighted by Gasteiger charge is -2.30. The predicted octanol–water partition coefficient (Wildman–Crippen LogP) is -0.535. The van der Waals surface area contributed by atoms with Crippen molar-refractivity contribution in [1.29, 1.82) is 0 Å². The fourth-order valence-electron chi connectivity index (χ4n) is 4.95. The molecule has 2 aliphatic heterocycles. The lowest BCUT2D eigenvalue weighted by molar-refractivity contribution is -0.907. The normalized spacial score (nSPS) is 19.9. The first-order valence-corrected chi connectivity index (χ1v) is 11.9. The average molecular weight is 513 g/mol. The molecule has 12 nitrogen and oxygen atoms in total. The summed E-state index contributed by atoms with van der Waals surface area (Å²) < 4.78 is 10.2. The second kappa shape index (κ2) is 10.5. The summed E-state index contributed by atoms with van der Waals surface area (Å²) in [5.41, 5.74) is 0.859. The van der Waals surface area contributed by atoms with Gasteiger partial charge in [0, 0.05) is 23.4 Å². The Morgan fingerprint density at radius 2 is 1.86 bits per heavy atom. The number of aryl methyl sites for hydroxylation is 1. The number of methoxy groups -OCH3 is 1. The third-order valence-corrected chi connectivity index (χ3v) is 6.91. The minimum Gasteiger partial charge on any atom is -0.872 e. The molecule has 2 aromatic rings. The van der Waals surface area contributed by atoms with E-state index in [9.17, 15) is 29.6 Å². The first kappa shape index (κ1) is 26.0. The maximum absolute atomic E-state index is 13.8. The van der Waals surface area contributed by atoms with Crippen LogP contribution in [0.2, 0.25) is 0 Å². The number of H-pyrrole nitrogens is 1. The van der Waals surface area contributed by atoms with Gasteiger partial charge >= 0.3 is 5.97 Å². The highest BCUT2D eigenvalue weighted by atomic mass is 16.6. The van der Waals surface area contributed by atoms with Gasteiger partial charge < -0.3 is 29.4 Å². The number of aromatic amines is 1. The van der Waals surface area contributed by atoms with Gasteiger partial charge in [-0.1, -0.05) is 5.76 Å². The van der Waals surface area contributed by atoms with Gasteiger partial charge in [-0.2, -0.15) is 0 Å². The molecule has 2 saturated heterocycles. The van der Waals surface area contributed by atoms with E-state index in [0.717, 1.165) is 13.1 Å². The minimum absolute atomic E-state index is 0.0837. The summed E-state index contributed by atoms with van der Waals surface area (Å²) in [7, 11) is 1.21. The van der Waals surface area contributed by atoms with Gasteiger partial charge in [-0.3, -0.25) is 19.7 Å². The van der Waals surface area contributed by atoms with E-state index in [2.05, 4.69) is 4.98 Å². The molecule has 1 atom stereocenters. The van der Waals surface area contributed by atoms with Crippen molar-refractivity contribution in [3.8, 4) is 0 Å². The minimum atomic E-state index is -1.02. The van der Waals surface area contributed by atoms with Crippen LogP contribution in [0.1, 0.15) is 38.9 Å². The molecule has 1 aromatic carbocycles. The molecule has 4 rings (SSSR count). The van der Waals surface area contributed by atoms with Crippen molar-refractivity contribution in [2.75, 3.05) is 46.5 Å². The number of non-ortho nitro benzene ring substituents is 1. The second-order valence-electron chi connectivity index (χ2n) is 9.05. The topological polar surface area (TPSA) is 159 Å². The molecular weight excluding hydrogens is 484 g/mol. The summed E-state index contributed by atoms with van der Waals surface area (Å²) in [4.78, 5) is 54.6. The van der Waals surface area contributed by atoms with Crippen molar-refractivity contribution in [3.05, 3.63) is 68.0 Å². The van der Waals surface area contributed by atoms with Crippen molar-refractivity contribution in [1.82, 2.24) is 9.88 Å². The van der Waals surface area contributed by atoms with Crippen LogP contribution in [0.25, 0.3) is 5.76 Å². The Morgan fingerprint density at radius 3 is 2.46 bits per heavy atom. The van der Waals surface area contributed by atoms with Crippen LogP contribution in [0, 0.1) is 24.0 Å². The van der Waals surface area contributed by atoms with Crippen LogP contribution in [-0.4, -0.2) is 79.0 Å². The third kappa shape index (κ3) is 4.85. The molecule has 2 fully saturated rings. The number of ether oxygens (including phenoxy) is 2. The monoisotopic (exact) mass is 512 g/mol. The number of ketones is 1. The third-order valence-electron chi connectivity index (χ3n) is 6.91. The number of nitro groups is 1. The molecule has 2 aliphatic rings. The molecule has 0 spiro atoms. The average Bonchev–Trinajstić information content (AvgIpc) is 3.34. The fourth-order valence-corrected chi connectivity index (χ4v) is 4.95. The summed E-state index contributed by atoms with van der Waals surface area (Å²) in [6.07, 6.45) is 0. The Kier molecular flexibility index (Phi) is 7.41. The van der Waals surface area contributed by atoms with E-state index < -0.39 is 34.4 Å². The van der Waals surface area contributed by atoms with Crippen LogP contribution in [-0.2, 0) is 19.1 Å². The molecule has 2 N–H and O–H groups in total. The van der Waals surface area contributed by atoms with E-state index in [0.29, 0.717) is 36.6 Å². The van der Waals surface area contributed by atoms with Crippen molar-refractivity contribution < 1.29 is 38.8 Å². The zero-order valence-corrected chi connectivity index (χ0v) is 20.8. The predicted molar refractivity (Wildman–Crippen MR) is 127 cm³/mol. The van der Waals surface area contributed by atoms with Gasteiger partial charge in [0.25, 0.3) is 11.6 Å². The number of aromatic nitrogens is 1. The van der Waals surface area contributed by atoms with Crippen molar-refractivity contribution >= 4 is 29.1 Å². The Labute approximate surface area is 212 Å². The SMILES string of the molecule is COC(=O)c1[nH]c(C)c(/C([O-])=C2\C(=O)C(=O)N(CC[NH+]3CCOCC3)C2c2ccc([N+](=O)[O-])cc2)c1C. The number of morpholine rings is 1. The molecule has 0 bridgehead atoms. The highest BCUT2D eigenvalue weighted by Gasteiger charge is 2.45. The van der Waals surface area contributed by atoms with Gasteiger partial charge in [0.05, 0.1) is 44.4 Å². The number of amides is 1. The molecule has 0 saturated carbocycles. The molecule has 196 valence electrons. The first-order valence-electron chi connectivity index (χ1n) is 11.9. The van der Waals surface area contributed by atoms with Crippen molar-refractivity contribution in [2.45, 2.75) is 19.9 Å². The molecule has 12 heteroatoms. The highest BCUT2D eigenvalue weighted by molar-refractivity contribution is 6.46. The zero-order chi connectivity index (χ0) is 26.9.